The molecule has 3 atom stereocenters. The van der Waals surface area contributed by atoms with E-state index in [-0.39, 0.29) is 29.7 Å². The molecule has 2 fully saturated rings. The first-order chi connectivity index (χ1) is 14.0. The fraction of sp³-hybridized carbons (Fsp3) is 0.400. The summed E-state index contributed by atoms with van der Waals surface area (Å²) in [4.78, 5) is 9.39. The summed E-state index contributed by atoms with van der Waals surface area (Å²) in [6.07, 6.45) is -7.89. The molecule has 1 aliphatic heterocycles. The molecule has 30 heavy (non-hydrogen) atoms. The molecule has 4 nitrogen and oxygen atoms in total. The summed E-state index contributed by atoms with van der Waals surface area (Å²) in [6, 6.07) is 8.60. The highest BCUT2D eigenvalue weighted by molar-refractivity contribution is 5.92. The smallest absolute Gasteiger partial charge is 0.385 e. The monoisotopic (exact) mass is 428 g/mol. The summed E-state index contributed by atoms with van der Waals surface area (Å²) in [7, 11) is 0. The average molecular weight is 428 g/mol. The van der Waals surface area contributed by atoms with Crippen LogP contribution in [0.5, 0.6) is 0 Å². The number of anilines is 1. The van der Waals surface area contributed by atoms with Crippen LogP contribution in [0.4, 0.5) is 37.8 Å². The number of benzene rings is 1. The molecular weight excluding hydrogens is 410 g/mol. The molecule has 4 rings (SSSR count). The predicted octanol–water partition coefficient (Wildman–Crippen LogP) is 5.17. The molecule has 1 aliphatic carbocycles. The van der Waals surface area contributed by atoms with Gasteiger partial charge < -0.3 is 10.6 Å². The van der Waals surface area contributed by atoms with E-state index in [1.54, 1.807) is 30.3 Å². The van der Waals surface area contributed by atoms with Crippen molar-refractivity contribution in [2.24, 2.45) is 16.6 Å². The molecule has 1 saturated carbocycles. The number of amidine groups is 1. The second-order valence-corrected chi connectivity index (χ2v) is 7.55. The molecule has 2 aromatic rings. The number of nitrogens with zero attached hydrogens (tertiary/aromatic N) is 3. The third-order valence-corrected chi connectivity index (χ3v) is 5.60. The summed E-state index contributed by atoms with van der Waals surface area (Å²) >= 11 is 0. The summed E-state index contributed by atoms with van der Waals surface area (Å²) in [6.45, 7) is 0. The van der Waals surface area contributed by atoms with Gasteiger partial charge in [-0.05, 0) is 49.4 Å². The van der Waals surface area contributed by atoms with E-state index in [4.69, 9.17) is 5.73 Å². The number of para-hydroxylation sites is 1. The second-order valence-electron chi connectivity index (χ2n) is 7.55. The van der Waals surface area contributed by atoms with Crippen LogP contribution in [-0.4, -0.2) is 22.9 Å². The van der Waals surface area contributed by atoms with Gasteiger partial charge in [-0.2, -0.15) is 26.3 Å². The lowest BCUT2D eigenvalue weighted by atomic mass is 9.97. The number of halogens is 6. The number of aliphatic imine (C=N–C) groups is 1. The van der Waals surface area contributed by atoms with E-state index in [1.807, 2.05) is 0 Å². The van der Waals surface area contributed by atoms with Crippen LogP contribution in [0.3, 0.4) is 0 Å². The van der Waals surface area contributed by atoms with Crippen molar-refractivity contribution >= 4 is 17.3 Å². The van der Waals surface area contributed by atoms with Crippen LogP contribution in [0.2, 0.25) is 0 Å². The number of aromatic nitrogens is 1. The molecule has 1 aromatic heterocycles. The van der Waals surface area contributed by atoms with Crippen LogP contribution in [0, 0.1) is 5.92 Å². The van der Waals surface area contributed by atoms with Crippen molar-refractivity contribution in [3.8, 4) is 0 Å². The Hall–Kier alpha value is -2.78. The molecule has 2 N–H and O–H groups in total. The van der Waals surface area contributed by atoms with E-state index in [0.717, 1.165) is 6.42 Å². The number of rotatable bonds is 3. The van der Waals surface area contributed by atoms with Crippen molar-refractivity contribution in [1.29, 1.82) is 0 Å². The Kier molecular flexibility index (Phi) is 4.90. The van der Waals surface area contributed by atoms with Crippen LogP contribution >= 0.6 is 0 Å². The van der Waals surface area contributed by atoms with Crippen molar-refractivity contribution in [2.45, 2.75) is 43.7 Å². The highest BCUT2D eigenvalue weighted by Gasteiger charge is 2.49. The van der Waals surface area contributed by atoms with Crippen LogP contribution in [0.15, 0.2) is 47.5 Å². The Bertz CT molecular complexity index is 922. The Labute approximate surface area is 168 Å². The molecule has 2 heterocycles. The number of hydrogen-bond donors (Lipinski definition) is 1. The molecule has 0 radical (unpaired) electrons. The average Bonchev–Trinajstić information content (AvgIpc) is 3.28. The molecule has 10 heteroatoms. The van der Waals surface area contributed by atoms with E-state index in [0.29, 0.717) is 24.6 Å². The largest absolute Gasteiger partial charge is 0.433 e. The standard InChI is InChI=1S/C20H18F6N4/c21-19(22,23)12-9-15(20(24,25)26)29-16(10-12)30-14-7-6-11(8-14)17(30)18(27)28-13-4-2-1-3-5-13/h1-5,9-11,14,17H,6-8H2,(H2,27,28)/t11-,14+,17-/m0/s1. The Morgan fingerprint density at radius 1 is 1.00 bits per heavy atom. The van der Waals surface area contributed by atoms with Crippen LogP contribution in [0.1, 0.15) is 30.5 Å². The second kappa shape index (κ2) is 7.17. The third-order valence-electron chi connectivity index (χ3n) is 5.60. The zero-order valence-electron chi connectivity index (χ0n) is 15.6. The van der Waals surface area contributed by atoms with Gasteiger partial charge in [0.15, 0.2) is 0 Å². The van der Waals surface area contributed by atoms with Gasteiger partial charge in [0.2, 0.25) is 0 Å². The third kappa shape index (κ3) is 3.82. The molecule has 0 spiro atoms. The fourth-order valence-corrected chi connectivity index (χ4v) is 4.37. The van der Waals surface area contributed by atoms with Gasteiger partial charge in [-0.25, -0.2) is 9.98 Å². The van der Waals surface area contributed by atoms with Gasteiger partial charge in [-0.1, -0.05) is 18.2 Å². The van der Waals surface area contributed by atoms with Crippen LogP contribution in [0.25, 0.3) is 0 Å². The normalized spacial score (nSPS) is 24.5. The van der Waals surface area contributed by atoms with Crippen LogP contribution in [-0.2, 0) is 12.4 Å². The molecule has 0 amide bonds. The van der Waals surface area contributed by atoms with Crippen molar-refractivity contribution in [3.63, 3.8) is 0 Å². The fourth-order valence-electron chi connectivity index (χ4n) is 4.37. The van der Waals surface area contributed by atoms with Gasteiger partial charge in [0.05, 0.1) is 17.3 Å². The topological polar surface area (TPSA) is 54.5 Å². The minimum atomic E-state index is -5.01. The number of alkyl halides is 6. The van der Waals surface area contributed by atoms with Gasteiger partial charge in [-0.3, -0.25) is 0 Å². The zero-order valence-corrected chi connectivity index (χ0v) is 15.6. The van der Waals surface area contributed by atoms with Gasteiger partial charge in [0.25, 0.3) is 0 Å². The van der Waals surface area contributed by atoms with Crippen molar-refractivity contribution in [2.75, 3.05) is 4.90 Å². The number of pyridine rings is 1. The molecule has 2 bridgehead atoms. The first-order valence-corrected chi connectivity index (χ1v) is 9.38. The van der Waals surface area contributed by atoms with Gasteiger partial charge in [-0.15, -0.1) is 0 Å². The van der Waals surface area contributed by atoms with Crippen molar-refractivity contribution in [1.82, 2.24) is 4.98 Å². The summed E-state index contributed by atoms with van der Waals surface area (Å²) in [5, 5.41) is 0. The SMILES string of the molecule is NC(=Nc1ccccc1)[C@@H]1[C@H]2CC[C@H](C2)N1c1cc(C(F)(F)F)cc(C(F)(F)F)n1. The van der Waals surface area contributed by atoms with Gasteiger partial charge in [0.1, 0.15) is 17.3 Å². The lowest BCUT2D eigenvalue weighted by molar-refractivity contribution is -0.145. The highest BCUT2D eigenvalue weighted by atomic mass is 19.4. The quantitative estimate of drug-likeness (QED) is 0.417. The number of hydrogen-bond acceptors (Lipinski definition) is 3. The number of piperidine rings is 1. The van der Waals surface area contributed by atoms with E-state index in [1.165, 1.54) is 4.90 Å². The summed E-state index contributed by atoms with van der Waals surface area (Å²) < 4.78 is 79.6. The molecular formula is C20H18F6N4. The summed E-state index contributed by atoms with van der Waals surface area (Å²) in [5.74, 6) is -0.227. The Morgan fingerprint density at radius 2 is 1.70 bits per heavy atom. The minimum absolute atomic E-state index is 0.00635. The van der Waals surface area contributed by atoms with Crippen molar-refractivity contribution < 1.29 is 26.3 Å². The van der Waals surface area contributed by atoms with Gasteiger partial charge >= 0.3 is 12.4 Å². The van der Waals surface area contributed by atoms with Crippen molar-refractivity contribution in [3.05, 3.63) is 53.7 Å². The first-order valence-electron chi connectivity index (χ1n) is 9.38. The zero-order chi connectivity index (χ0) is 21.7. The van der Waals surface area contributed by atoms with E-state index in [9.17, 15) is 26.3 Å². The maximum Gasteiger partial charge on any atom is 0.433 e. The van der Waals surface area contributed by atoms with E-state index >= 15 is 0 Å². The summed E-state index contributed by atoms with van der Waals surface area (Å²) in [5.41, 5.74) is 3.80. The number of fused-ring (bicyclic) bond motifs is 2. The molecule has 160 valence electrons. The first kappa shape index (κ1) is 20.5. The molecule has 0 unspecified atom stereocenters. The van der Waals surface area contributed by atoms with Crippen LogP contribution < -0.4 is 10.6 Å². The predicted molar refractivity (Wildman–Crippen MR) is 99.4 cm³/mol. The lowest BCUT2D eigenvalue weighted by Gasteiger charge is -2.36. The highest BCUT2D eigenvalue weighted by Crippen LogP contribution is 2.46. The lowest BCUT2D eigenvalue weighted by Crippen LogP contribution is -2.49. The maximum atomic E-state index is 13.3. The van der Waals surface area contributed by atoms with Gasteiger partial charge in [0, 0.05) is 6.04 Å². The molecule has 1 saturated heterocycles. The molecule has 2 aliphatic rings. The van der Waals surface area contributed by atoms with E-state index in [2.05, 4.69) is 9.98 Å². The maximum absolute atomic E-state index is 13.3. The van der Waals surface area contributed by atoms with E-state index < -0.39 is 29.7 Å². The minimum Gasteiger partial charge on any atom is -0.385 e. The molecule has 1 aromatic carbocycles. The Balaban J connectivity index is 1.79. The Morgan fingerprint density at radius 3 is 2.33 bits per heavy atom. The number of nitrogens with two attached hydrogens (primary N) is 1.